The highest BCUT2D eigenvalue weighted by Crippen LogP contribution is 2.37. The lowest BCUT2D eigenvalue weighted by atomic mass is 10.1. The van der Waals surface area contributed by atoms with Gasteiger partial charge in [-0.05, 0) is 48.9 Å². The van der Waals surface area contributed by atoms with Gasteiger partial charge in [0.25, 0.3) is 5.56 Å². The van der Waals surface area contributed by atoms with Gasteiger partial charge >= 0.3 is 5.69 Å². The molecule has 0 unspecified atom stereocenters. The number of furan rings is 1. The van der Waals surface area contributed by atoms with Crippen molar-refractivity contribution in [3.05, 3.63) is 127 Å². The summed E-state index contributed by atoms with van der Waals surface area (Å²) in [5.74, 6) is 0.949. The molecular formula is C32H23ClN4O6. The SMILES string of the molecule is COc1cccc2oc(-c3nc4ccccc4c(=O)n3N=Cc3cc(Cl)c(OCc4cccc(C)c4)c([N+](=O)[O-])c3)cc12. The van der Waals surface area contributed by atoms with Crippen LogP contribution in [0.2, 0.25) is 5.02 Å². The highest BCUT2D eigenvalue weighted by Gasteiger charge is 2.22. The van der Waals surface area contributed by atoms with Crippen molar-refractivity contribution in [1.82, 2.24) is 9.66 Å². The number of nitrogens with zero attached hydrogens (tertiary/aromatic N) is 4. The molecule has 0 fully saturated rings. The minimum Gasteiger partial charge on any atom is -0.496 e. The van der Waals surface area contributed by atoms with E-state index < -0.39 is 10.5 Å². The van der Waals surface area contributed by atoms with Crippen LogP contribution in [0.5, 0.6) is 11.5 Å². The largest absolute Gasteiger partial charge is 0.496 e. The van der Waals surface area contributed by atoms with Gasteiger partial charge in [0.2, 0.25) is 11.6 Å². The van der Waals surface area contributed by atoms with Crippen LogP contribution in [0, 0.1) is 17.0 Å². The molecule has 6 rings (SSSR count). The molecule has 0 saturated carbocycles. The summed E-state index contributed by atoms with van der Waals surface area (Å²) < 4.78 is 18.4. The Morgan fingerprint density at radius 3 is 2.65 bits per heavy atom. The molecule has 0 amide bonds. The van der Waals surface area contributed by atoms with Crippen LogP contribution in [0.3, 0.4) is 0 Å². The molecule has 214 valence electrons. The quantitative estimate of drug-likeness (QED) is 0.104. The van der Waals surface area contributed by atoms with Crippen molar-refractivity contribution in [2.75, 3.05) is 7.11 Å². The fourth-order valence-electron chi connectivity index (χ4n) is 4.75. The van der Waals surface area contributed by atoms with E-state index in [1.54, 1.807) is 55.6 Å². The third kappa shape index (κ3) is 5.43. The van der Waals surface area contributed by atoms with Crippen LogP contribution in [0.25, 0.3) is 33.5 Å². The molecule has 0 atom stereocenters. The topological polar surface area (TPSA) is 122 Å². The van der Waals surface area contributed by atoms with Gasteiger partial charge in [0.15, 0.2) is 5.76 Å². The van der Waals surface area contributed by atoms with Crippen molar-refractivity contribution < 1.29 is 18.8 Å². The number of nitro groups is 1. The van der Waals surface area contributed by atoms with Gasteiger partial charge in [-0.3, -0.25) is 14.9 Å². The zero-order valence-corrected chi connectivity index (χ0v) is 23.7. The molecule has 6 aromatic rings. The Bertz CT molecular complexity index is 2120. The maximum atomic E-state index is 13.6. The standard InChI is InChI=1S/C32H23ClN4O6/c1-19-7-5-8-20(13-19)18-42-30-24(33)14-21(15-26(30)37(39)40)17-34-36-31(35-25-10-4-3-9-22(25)32(36)38)29-16-23-27(41-2)11-6-12-28(23)43-29/h3-17H,18H2,1-2H3. The summed E-state index contributed by atoms with van der Waals surface area (Å²) in [5.41, 5.74) is 2.35. The summed E-state index contributed by atoms with van der Waals surface area (Å²) in [4.78, 5) is 29.7. The first-order valence-corrected chi connectivity index (χ1v) is 13.5. The van der Waals surface area contributed by atoms with Gasteiger partial charge in [0, 0.05) is 11.6 Å². The van der Waals surface area contributed by atoms with Gasteiger partial charge in [-0.15, -0.1) is 0 Å². The molecule has 0 spiro atoms. The average Bonchev–Trinajstić information content (AvgIpc) is 3.44. The number of nitro benzene ring substituents is 1. The normalized spacial score (nSPS) is 11.4. The monoisotopic (exact) mass is 594 g/mol. The molecule has 0 aliphatic heterocycles. The highest BCUT2D eigenvalue weighted by atomic mass is 35.5. The Morgan fingerprint density at radius 1 is 1.05 bits per heavy atom. The fraction of sp³-hybridized carbons (Fsp3) is 0.0938. The average molecular weight is 595 g/mol. The molecule has 0 aliphatic rings. The second kappa shape index (κ2) is 11.4. The number of rotatable bonds is 8. The Kier molecular flexibility index (Phi) is 7.35. The number of hydrogen-bond donors (Lipinski definition) is 0. The predicted molar refractivity (Wildman–Crippen MR) is 164 cm³/mol. The number of benzene rings is 4. The molecule has 0 radical (unpaired) electrons. The Hall–Kier alpha value is -5.48. The van der Waals surface area contributed by atoms with E-state index in [0.29, 0.717) is 27.6 Å². The molecule has 43 heavy (non-hydrogen) atoms. The third-order valence-corrected chi connectivity index (χ3v) is 7.03. The molecular weight excluding hydrogens is 572 g/mol. The van der Waals surface area contributed by atoms with E-state index in [1.165, 1.54) is 18.3 Å². The van der Waals surface area contributed by atoms with E-state index in [-0.39, 0.29) is 40.2 Å². The van der Waals surface area contributed by atoms with Gasteiger partial charge < -0.3 is 13.9 Å². The van der Waals surface area contributed by atoms with Gasteiger partial charge in [-0.25, -0.2) is 4.98 Å². The van der Waals surface area contributed by atoms with Crippen molar-refractivity contribution in [2.24, 2.45) is 5.10 Å². The number of methoxy groups -OCH3 is 1. The van der Waals surface area contributed by atoms with Gasteiger partial charge in [0.05, 0.1) is 39.6 Å². The van der Waals surface area contributed by atoms with Crippen LogP contribution >= 0.6 is 11.6 Å². The van der Waals surface area contributed by atoms with Crippen LogP contribution in [-0.2, 0) is 6.61 Å². The van der Waals surface area contributed by atoms with Gasteiger partial charge in [-0.2, -0.15) is 9.78 Å². The molecule has 0 saturated heterocycles. The smallest absolute Gasteiger partial charge is 0.313 e. The first kappa shape index (κ1) is 27.7. The Labute approximate surface area is 249 Å². The zero-order chi connectivity index (χ0) is 30.1. The summed E-state index contributed by atoms with van der Waals surface area (Å²) in [6, 6.07) is 24.3. The number of ether oxygens (including phenoxy) is 2. The van der Waals surface area contributed by atoms with Gasteiger partial charge in [0.1, 0.15) is 17.9 Å². The van der Waals surface area contributed by atoms with E-state index in [1.807, 2.05) is 31.2 Å². The molecule has 2 aromatic heterocycles. The minimum absolute atomic E-state index is 0.0249. The number of fused-ring (bicyclic) bond motifs is 2. The fourth-order valence-corrected chi connectivity index (χ4v) is 5.02. The molecule has 2 heterocycles. The van der Waals surface area contributed by atoms with Crippen molar-refractivity contribution in [3.8, 4) is 23.1 Å². The van der Waals surface area contributed by atoms with E-state index in [4.69, 9.17) is 25.5 Å². The molecule has 0 aliphatic carbocycles. The number of aromatic nitrogens is 2. The first-order valence-electron chi connectivity index (χ1n) is 13.1. The summed E-state index contributed by atoms with van der Waals surface area (Å²) in [5, 5.41) is 17.4. The second-order valence-electron chi connectivity index (χ2n) is 9.68. The van der Waals surface area contributed by atoms with Gasteiger partial charge in [-0.1, -0.05) is 59.6 Å². The summed E-state index contributed by atoms with van der Waals surface area (Å²) >= 11 is 6.47. The molecule has 0 bridgehead atoms. The number of aryl methyl sites for hydroxylation is 1. The van der Waals surface area contributed by atoms with E-state index >= 15 is 0 Å². The number of para-hydroxylation sites is 1. The number of halogens is 1. The van der Waals surface area contributed by atoms with Crippen LogP contribution < -0.4 is 15.0 Å². The summed E-state index contributed by atoms with van der Waals surface area (Å²) in [7, 11) is 1.55. The Balaban J connectivity index is 1.43. The van der Waals surface area contributed by atoms with Crippen molar-refractivity contribution in [1.29, 1.82) is 0 Å². The zero-order valence-electron chi connectivity index (χ0n) is 23.0. The lowest BCUT2D eigenvalue weighted by Gasteiger charge is -2.10. The van der Waals surface area contributed by atoms with Crippen molar-refractivity contribution in [2.45, 2.75) is 13.5 Å². The maximum absolute atomic E-state index is 13.6. The second-order valence-corrected chi connectivity index (χ2v) is 10.1. The van der Waals surface area contributed by atoms with Crippen molar-refractivity contribution >= 4 is 45.4 Å². The lowest BCUT2D eigenvalue weighted by molar-refractivity contribution is -0.385. The van der Waals surface area contributed by atoms with Crippen LogP contribution in [0.15, 0.2) is 99.2 Å². The van der Waals surface area contributed by atoms with E-state index in [2.05, 4.69) is 10.1 Å². The molecule has 11 heteroatoms. The summed E-state index contributed by atoms with van der Waals surface area (Å²) in [6.45, 7) is 2.04. The minimum atomic E-state index is -0.578. The predicted octanol–water partition coefficient (Wildman–Crippen LogP) is 7.15. The molecule has 10 nitrogen and oxygen atoms in total. The van der Waals surface area contributed by atoms with Crippen LogP contribution in [0.4, 0.5) is 5.69 Å². The Morgan fingerprint density at radius 2 is 1.86 bits per heavy atom. The first-order chi connectivity index (χ1) is 20.8. The van der Waals surface area contributed by atoms with Crippen LogP contribution in [-0.4, -0.2) is 27.9 Å². The van der Waals surface area contributed by atoms with E-state index in [9.17, 15) is 14.9 Å². The number of hydrogen-bond acceptors (Lipinski definition) is 8. The maximum Gasteiger partial charge on any atom is 0.313 e. The molecule has 4 aromatic carbocycles. The van der Waals surface area contributed by atoms with E-state index in [0.717, 1.165) is 15.8 Å². The molecule has 0 N–H and O–H groups in total. The lowest BCUT2D eigenvalue weighted by Crippen LogP contribution is -2.20. The third-order valence-electron chi connectivity index (χ3n) is 6.75. The van der Waals surface area contributed by atoms with Crippen molar-refractivity contribution in [3.63, 3.8) is 0 Å². The van der Waals surface area contributed by atoms with Crippen LogP contribution in [0.1, 0.15) is 16.7 Å². The highest BCUT2D eigenvalue weighted by molar-refractivity contribution is 6.32. The summed E-state index contributed by atoms with van der Waals surface area (Å²) in [6.07, 6.45) is 1.30.